The van der Waals surface area contributed by atoms with Crippen LogP contribution >= 0.6 is 0 Å². The van der Waals surface area contributed by atoms with Crippen LogP contribution in [-0.2, 0) is 22.7 Å². The van der Waals surface area contributed by atoms with Gasteiger partial charge in [0.1, 0.15) is 0 Å². The summed E-state index contributed by atoms with van der Waals surface area (Å²) < 4.78 is 18.7. The van der Waals surface area contributed by atoms with Crippen molar-refractivity contribution < 1.29 is 13.9 Å². The number of hydrogen-bond acceptors (Lipinski definition) is 4. The third-order valence-electron chi connectivity index (χ3n) is 3.30. The number of aromatic amines is 1. The Balaban J connectivity index is 1.79. The van der Waals surface area contributed by atoms with E-state index >= 15 is 0 Å². The van der Waals surface area contributed by atoms with Crippen LogP contribution in [0.3, 0.4) is 0 Å². The maximum absolute atomic E-state index is 13.1. The number of carbonyl (C=O) groups is 1. The molecule has 2 rings (SSSR count). The number of rotatable bonds is 6. The molecule has 0 atom stereocenters. The van der Waals surface area contributed by atoms with Crippen molar-refractivity contribution in [3.05, 3.63) is 68.2 Å². The Morgan fingerprint density at radius 3 is 2.65 bits per heavy atom. The fraction of sp³-hybridized carbons (Fsp3) is 0.312. The molecular formula is C16H17FN2O4. The van der Waals surface area contributed by atoms with E-state index in [4.69, 9.17) is 4.74 Å². The first kappa shape index (κ1) is 16.7. The van der Waals surface area contributed by atoms with Gasteiger partial charge in [0.15, 0.2) is 6.73 Å². The van der Waals surface area contributed by atoms with Gasteiger partial charge in [0, 0.05) is 6.42 Å². The highest BCUT2D eigenvalue weighted by atomic mass is 19.1. The molecule has 0 fully saturated rings. The van der Waals surface area contributed by atoms with Gasteiger partial charge in [-0.05, 0) is 25.3 Å². The van der Waals surface area contributed by atoms with E-state index in [1.807, 2.05) is 31.2 Å². The molecule has 0 spiro atoms. The van der Waals surface area contributed by atoms with Gasteiger partial charge in [-0.1, -0.05) is 29.8 Å². The van der Waals surface area contributed by atoms with Gasteiger partial charge >= 0.3 is 11.7 Å². The summed E-state index contributed by atoms with van der Waals surface area (Å²) in [4.78, 5) is 35.7. The van der Waals surface area contributed by atoms with Gasteiger partial charge in [-0.25, -0.2) is 4.79 Å². The minimum Gasteiger partial charge on any atom is -0.444 e. The third kappa shape index (κ3) is 4.91. The quantitative estimate of drug-likeness (QED) is 0.818. The average Bonchev–Trinajstić information content (AvgIpc) is 2.51. The molecule has 6 nitrogen and oxygen atoms in total. The summed E-state index contributed by atoms with van der Waals surface area (Å²) in [5, 5.41) is 0. The van der Waals surface area contributed by atoms with Crippen LogP contribution in [0.15, 0.2) is 40.1 Å². The topological polar surface area (TPSA) is 81.2 Å². The van der Waals surface area contributed by atoms with Crippen LogP contribution in [0.1, 0.15) is 24.0 Å². The first-order valence-electron chi connectivity index (χ1n) is 7.16. The van der Waals surface area contributed by atoms with Crippen molar-refractivity contribution in [1.82, 2.24) is 9.55 Å². The number of nitrogens with zero attached hydrogens (tertiary/aromatic N) is 1. The molecule has 23 heavy (non-hydrogen) atoms. The molecule has 1 aromatic carbocycles. The number of ether oxygens (including phenoxy) is 1. The summed E-state index contributed by atoms with van der Waals surface area (Å²) in [6.45, 7) is 1.57. The van der Waals surface area contributed by atoms with Crippen LogP contribution < -0.4 is 11.2 Å². The Hall–Kier alpha value is -2.70. The first-order valence-corrected chi connectivity index (χ1v) is 7.16. The SMILES string of the molecule is Cc1ccc(CCCC(=O)OCn2cc(F)c(=O)[nH]c2=O)cc1. The van der Waals surface area contributed by atoms with Gasteiger partial charge in [0.2, 0.25) is 5.82 Å². The minimum absolute atomic E-state index is 0.189. The predicted molar refractivity (Wildman–Crippen MR) is 81.5 cm³/mol. The van der Waals surface area contributed by atoms with Crippen LogP contribution in [0.2, 0.25) is 0 Å². The molecule has 0 aliphatic carbocycles. The van der Waals surface area contributed by atoms with Gasteiger partial charge in [0.25, 0.3) is 5.56 Å². The van der Waals surface area contributed by atoms with E-state index in [2.05, 4.69) is 0 Å². The lowest BCUT2D eigenvalue weighted by Crippen LogP contribution is -2.32. The summed E-state index contributed by atoms with van der Waals surface area (Å²) >= 11 is 0. The number of esters is 1. The van der Waals surface area contributed by atoms with Crippen molar-refractivity contribution in [3.8, 4) is 0 Å². The molecule has 0 radical (unpaired) electrons. The zero-order valence-electron chi connectivity index (χ0n) is 12.7. The Labute approximate surface area is 131 Å². The molecule has 0 saturated carbocycles. The molecule has 122 valence electrons. The van der Waals surface area contributed by atoms with Gasteiger partial charge in [-0.15, -0.1) is 0 Å². The highest BCUT2D eigenvalue weighted by Gasteiger charge is 2.07. The number of aryl methyl sites for hydroxylation is 2. The largest absolute Gasteiger partial charge is 0.444 e. The molecular weight excluding hydrogens is 303 g/mol. The lowest BCUT2D eigenvalue weighted by atomic mass is 10.1. The molecule has 0 unspecified atom stereocenters. The van der Waals surface area contributed by atoms with Crippen molar-refractivity contribution in [1.29, 1.82) is 0 Å². The molecule has 7 heteroatoms. The highest BCUT2D eigenvalue weighted by molar-refractivity contribution is 5.69. The van der Waals surface area contributed by atoms with Crippen molar-refractivity contribution in [2.75, 3.05) is 0 Å². The fourth-order valence-electron chi connectivity index (χ4n) is 1.98. The average molecular weight is 320 g/mol. The molecule has 0 saturated heterocycles. The van der Waals surface area contributed by atoms with Crippen molar-refractivity contribution in [3.63, 3.8) is 0 Å². The Kier molecular flexibility index (Phi) is 5.46. The second kappa shape index (κ2) is 7.53. The van der Waals surface area contributed by atoms with Crippen molar-refractivity contribution >= 4 is 5.97 Å². The fourth-order valence-corrected chi connectivity index (χ4v) is 1.98. The number of carbonyl (C=O) groups excluding carboxylic acids is 1. The molecule has 1 N–H and O–H groups in total. The van der Waals surface area contributed by atoms with E-state index in [1.165, 1.54) is 5.56 Å². The lowest BCUT2D eigenvalue weighted by molar-refractivity contribution is -0.147. The van der Waals surface area contributed by atoms with E-state index in [1.54, 1.807) is 4.98 Å². The molecule has 0 bridgehead atoms. The van der Waals surface area contributed by atoms with Gasteiger partial charge in [-0.2, -0.15) is 4.39 Å². The van der Waals surface area contributed by atoms with E-state index in [0.717, 1.165) is 16.6 Å². The monoisotopic (exact) mass is 320 g/mol. The lowest BCUT2D eigenvalue weighted by Gasteiger charge is -2.07. The number of benzene rings is 1. The molecule has 2 aromatic rings. The zero-order valence-corrected chi connectivity index (χ0v) is 12.7. The summed E-state index contributed by atoms with van der Waals surface area (Å²) in [5.74, 6) is -1.60. The summed E-state index contributed by atoms with van der Waals surface area (Å²) in [5.41, 5.74) is 0.369. The number of halogens is 1. The second-order valence-electron chi connectivity index (χ2n) is 5.19. The van der Waals surface area contributed by atoms with E-state index in [-0.39, 0.29) is 6.42 Å². The maximum atomic E-state index is 13.1. The zero-order chi connectivity index (χ0) is 16.8. The summed E-state index contributed by atoms with van der Waals surface area (Å²) in [6, 6.07) is 8.02. The van der Waals surface area contributed by atoms with Crippen LogP contribution in [0.5, 0.6) is 0 Å². The van der Waals surface area contributed by atoms with E-state index < -0.39 is 29.8 Å². The Morgan fingerprint density at radius 1 is 1.26 bits per heavy atom. The van der Waals surface area contributed by atoms with Gasteiger partial charge < -0.3 is 4.74 Å². The third-order valence-corrected chi connectivity index (χ3v) is 3.30. The van der Waals surface area contributed by atoms with Crippen LogP contribution in [0.4, 0.5) is 4.39 Å². The molecule has 1 aromatic heterocycles. The number of H-pyrrole nitrogens is 1. The van der Waals surface area contributed by atoms with E-state index in [0.29, 0.717) is 12.6 Å². The second-order valence-corrected chi connectivity index (χ2v) is 5.19. The normalized spacial score (nSPS) is 10.5. The molecule has 0 aliphatic rings. The van der Waals surface area contributed by atoms with Crippen molar-refractivity contribution in [2.24, 2.45) is 0 Å². The van der Waals surface area contributed by atoms with Crippen LogP contribution in [-0.4, -0.2) is 15.5 Å². The number of hydrogen-bond donors (Lipinski definition) is 1. The van der Waals surface area contributed by atoms with E-state index in [9.17, 15) is 18.8 Å². The standard InChI is InChI=1S/C16H17FN2O4/c1-11-5-7-12(8-6-11)3-2-4-14(20)23-10-19-9-13(17)15(21)18-16(19)22/h5-9H,2-4,10H2,1H3,(H,18,21,22). The molecule has 0 amide bonds. The van der Waals surface area contributed by atoms with Gasteiger partial charge in [-0.3, -0.25) is 19.1 Å². The Morgan fingerprint density at radius 2 is 1.96 bits per heavy atom. The van der Waals surface area contributed by atoms with Crippen LogP contribution in [0, 0.1) is 12.7 Å². The molecule has 1 heterocycles. The minimum atomic E-state index is -1.11. The highest BCUT2D eigenvalue weighted by Crippen LogP contribution is 2.07. The maximum Gasteiger partial charge on any atom is 0.331 e. The van der Waals surface area contributed by atoms with Crippen LogP contribution in [0.25, 0.3) is 0 Å². The van der Waals surface area contributed by atoms with Gasteiger partial charge in [0.05, 0.1) is 6.20 Å². The Bertz CT molecular complexity index is 793. The number of aromatic nitrogens is 2. The summed E-state index contributed by atoms with van der Waals surface area (Å²) in [7, 11) is 0. The first-order chi connectivity index (χ1) is 11.0. The number of nitrogens with one attached hydrogen (secondary N) is 1. The molecule has 0 aliphatic heterocycles. The predicted octanol–water partition coefficient (Wildman–Crippen LogP) is 1.51. The van der Waals surface area contributed by atoms with Crippen molar-refractivity contribution in [2.45, 2.75) is 32.9 Å². The smallest absolute Gasteiger partial charge is 0.331 e. The summed E-state index contributed by atoms with van der Waals surface area (Å²) in [6.07, 6.45) is 2.24.